The molecule has 0 saturated carbocycles. The van der Waals surface area contributed by atoms with Crippen LogP contribution in [-0.2, 0) is 9.84 Å². The molecule has 0 heterocycles. The number of hydrogen-bond acceptors (Lipinski definition) is 3. The smallest absolute Gasteiger partial charge is 0.201 e. The molecule has 3 nitrogen and oxygen atoms in total. The SMILES string of the molecule is C/C=C/S(=O)(=O)c1ccccc1N(C)C. The van der Waals surface area contributed by atoms with E-state index in [1.807, 2.05) is 20.2 Å². The summed E-state index contributed by atoms with van der Waals surface area (Å²) in [6.07, 6.45) is 1.53. The first-order valence-corrected chi connectivity index (χ1v) is 6.18. The van der Waals surface area contributed by atoms with Crippen molar-refractivity contribution in [1.29, 1.82) is 0 Å². The molecule has 0 radical (unpaired) electrons. The minimum absolute atomic E-state index is 0.341. The van der Waals surface area contributed by atoms with Crippen LogP contribution in [0.4, 0.5) is 5.69 Å². The van der Waals surface area contributed by atoms with Gasteiger partial charge in [-0.2, -0.15) is 0 Å². The van der Waals surface area contributed by atoms with Gasteiger partial charge in [-0.3, -0.25) is 0 Å². The average Bonchev–Trinajstić information content (AvgIpc) is 2.17. The van der Waals surface area contributed by atoms with Gasteiger partial charge in [-0.05, 0) is 19.1 Å². The van der Waals surface area contributed by atoms with Gasteiger partial charge in [-0.1, -0.05) is 18.2 Å². The maximum atomic E-state index is 11.8. The van der Waals surface area contributed by atoms with Crippen LogP contribution < -0.4 is 4.90 Å². The molecule has 0 aliphatic rings. The van der Waals surface area contributed by atoms with E-state index in [0.29, 0.717) is 10.6 Å². The zero-order chi connectivity index (χ0) is 11.5. The highest BCUT2D eigenvalue weighted by Crippen LogP contribution is 2.24. The second kappa shape index (κ2) is 4.49. The van der Waals surface area contributed by atoms with E-state index in [0.717, 1.165) is 0 Å². The van der Waals surface area contributed by atoms with Crippen LogP contribution in [0.1, 0.15) is 6.92 Å². The van der Waals surface area contributed by atoms with Crippen molar-refractivity contribution in [3.8, 4) is 0 Å². The molecular formula is C11H15NO2S. The second-order valence-corrected chi connectivity index (χ2v) is 5.18. The molecule has 0 fully saturated rings. The van der Waals surface area contributed by atoms with Crippen LogP contribution in [-0.4, -0.2) is 22.5 Å². The number of allylic oxidation sites excluding steroid dienone is 1. The van der Waals surface area contributed by atoms with Gasteiger partial charge in [-0.25, -0.2) is 8.42 Å². The highest BCUT2D eigenvalue weighted by atomic mass is 32.2. The van der Waals surface area contributed by atoms with Crippen molar-refractivity contribution in [2.45, 2.75) is 11.8 Å². The third-order valence-electron chi connectivity index (χ3n) is 1.97. The van der Waals surface area contributed by atoms with E-state index in [-0.39, 0.29) is 0 Å². The molecule has 0 N–H and O–H groups in total. The molecule has 0 spiro atoms. The van der Waals surface area contributed by atoms with Gasteiger partial charge >= 0.3 is 0 Å². The number of nitrogens with zero attached hydrogens (tertiary/aromatic N) is 1. The van der Waals surface area contributed by atoms with E-state index in [1.165, 1.54) is 11.5 Å². The number of benzene rings is 1. The summed E-state index contributed by atoms with van der Waals surface area (Å²) >= 11 is 0. The summed E-state index contributed by atoms with van der Waals surface area (Å²) in [6, 6.07) is 6.95. The monoisotopic (exact) mass is 225 g/mol. The molecule has 1 rings (SSSR count). The Kier molecular flexibility index (Phi) is 3.52. The van der Waals surface area contributed by atoms with Crippen molar-refractivity contribution in [1.82, 2.24) is 0 Å². The summed E-state index contributed by atoms with van der Waals surface area (Å²) in [7, 11) is 0.339. The lowest BCUT2D eigenvalue weighted by atomic mass is 10.3. The van der Waals surface area contributed by atoms with Crippen molar-refractivity contribution in [3.63, 3.8) is 0 Å². The zero-order valence-electron chi connectivity index (χ0n) is 9.14. The van der Waals surface area contributed by atoms with E-state index in [9.17, 15) is 8.42 Å². The molecule has 0 amide bonds. The summed E-state index contributed by atoms with van der Waals surface area (Å²) < 4.78 is 23.7. The summed E-state index contributed by atoms with van der Waals surface area (Å²) in [5.41, 5.74) is 0.704. The van der Waals surface area contributed by atoms with Gasteiger partial charge in [0.05, 0.1) is 10.6 Å². The van der Waals surface area contributed by atoms with Crippen LogP contribution in [0.25, 0.3) is 0 Å². The first-order valence-electron chi connectivity index (χ1n) is 4.63. The summed E-state index contributed by atoms with van der Waals surface area (Å²) in [5.74, 6) is 0. The Labute approximate surface area is 91.0 Å². The molecule has 0 aromatic heterocycles. The van der Waals surface area contributed by atoms with E-state index in [2.05, 4.69) is 0 Å². The molecule has 82 valence electrons. The fourth-order valence-corrected chi connectivity index (χ4v) is 2.63. The normalized spacial score (nSPS) is 11.9. The van der Waals surface area contributed by atoms with Crippen LogP contribution in [0.15, 0.2) is 40.6 Å². The molecule has 1 aromatic carbocycles. The number of sulfone groups is 1. The molecular weight excluding hydrogens is 210 g/mol. The molecule has 0 unspecified atom stereocenters. The zero-order valence-corrected chi connectivity index (χ0v) is 9.95. The molecule has 15 heavy (non-hydrogen) atoms. The van der Waals surface area contributed by atoms with Crippen molar-refractivity contribution in [2.75, 3.05) is 19.0 Å². The van der Waals surface area contributed by atoms with Crippen LogP contribution >= 0.6 is 0 Å². The summed E-state index contributed by atoms with van der Waals surface area (Å²) in [4.78, 5) is 2.13. The molecule has 0 aliphatic heterocycles. The number of hydrogen-bond donors (Lipinski definition) is 0. The Balaban J connectivity index is 3.38. The molecule has 1 aromatic rings. The van der Waals surface area contributed by atoms with Crippen LogP contribution in [0, 0.1) is 0 Å². The van der Waals surface area contributed by atoms with Gasteiger partial charge in [0, 0.05) is 19.5 Å². The maximum absolute atomic E-state index is 11.8. The molecule has 0 bridgehead atoms. The molecule has 4 heteroatoms. The van der Waals surface area contributed by atoms with E-state index in [4.69, 9.17) is 0 Å². The highest BCUT2D eigenvalue weighted by molar-refractivity contribution is 7.94. The molecule has 0 atom stereocenters. The Morgan fingerprint density at radius 1 is 1.20 bits per heavy atom. The van der Waals surface area contributed by atoms with Crippen molar-refractivity contribution < 1.29 is 8.42 Å². The van der Waals surface area contributed by atoms with Gasteiger partial charge in [0.2, 0.25) is 9.84 Å². The van der Waals surface area contributed by atoms with Gasteiger partial charge in [0.15, 0.2) is 0 Å². The van der Waals surface area contributed by atoms with Crippen molar-refractivity contribution in [3.05, 3.63) is 35.7 Å². The fraction of sp³-hybridized carbons (Fsp3) is 0.273. The quantitative estimate of drug-likeness (QED) is 0.790. The Morgan fingerprint density at radius 2 is 1.80 bits per heavy atom. The van der Waals surface area contributed by atoms with Gasteiger partial charge in [0.1, 0.15) is 0 Å². The third-order valence-corrected chi connectivity index (χ3v) is 3.56. The van der Waals surface area contributed by atoms with E-state index in [1.54, 1.807) is 30.0 Å². The fourth-order valence-electron chi connectivity index (χ4n) is 1.32. The van der Waals surface area contributed by atoms with Crippen molar-refractivity contribution >= 4 is 15.5 Å². The van der Waals surface area contributed by atoms with Gasteiger partial charge < -0.3 is 4.90 Å². The third kappa shape index (κ3) is 2.59. The lowest BCUT2D eigenvalue weighted by Crippen LogP contribution is -2.12. The lowest BCUT2D eigenvalue weighted by molar-refractivity contribution is 0.604. The number of anilines is 1. The minimum Gasteiger partial charge on any atom is -0.377 e. The topological polar surface area (TPSA) is 37.4 Å². The van der Waals surface area contributed by atoms with Gasteiger partial charge in [-0.15, -0.1) is 0 Å². The molecule has 0 saturated heterocycles. The summed E-state index contributed by atoms with van der Waals surface area (Å²) in [6.45, 7) is 1.69. The van der Waals surface area contributed by atoms with Crippen LogP contribution in [0.2, 0.25) is 0 Å². The number of rotatable bonds is 3. The average molecular weight is 225 g/mol. The van der Waals surface area contributed by atoms with Crippen LogP contribution in [0.5, 0.6) is 0 Å². The van der Waals surface area contributed by atoms with E-state index >= 15 is 0 Å². The Morgan fingerprint density at radius 3 is 2.33 bits per heavy atom. The van der Waals surface area contributed by atoms with Gasteiger partial charge in [0.25, 0.3) is 0 Å². The standard InChI is InChI=1S/C11H15NO2S/c1-4-9-15(13,14)11-8-6-5-7-10(11)12(2)3/h4-9H,1-3H3/b9-4+. The predicted molar refractivity (Wildman–Crippen MR) is 62.8 cm³/mol. The second-order valence-electron chi connectivity index (χ2n) is 3.38. The maximum Gasteiger partial charge on any atom is 0.201 e. The summed E-state index contributed by atoms with van der Waals surface area (Å²) in [5, 5.41) is 1.22. The largest absolute Gasteiger partial charge is 0.377 e. The Bertz CT molecular complexity index is 461. The minimum atomic E-state index is -3.31. The highest BCUT2D eigenvalue weighted by Gasteiger charge is 2.15. The number of para-hydroxylation sites is 1. The lowest BCUT2D eigenvalue weighted by Gasteiger charge is -2.15. The molecule has 0 aliphatic carbocycles. The van der Waals surface area contributed by atoms with Crippen LogP contribution in [0.3, 0.4) is 0 Å². The Hall–Kier alpha value is -1.29. The first kappa shape index (κ1) is 11.8. The first-order chi connectivity index (χ1) is 6.99. The predicted octanol–water partition coefficient (Wildman–Crippen LogP) is 2.06. The van der Waals surface area contributed by atoms with E-state index < -0.39 is 9.84 Å². The van der Waals surface area contributed by atoms with Crippen molar-refractivity contribution in [2.24, 2.45) is 0 Å².